The number of primary sulfonamides is 1. The zero-order valence-electron chi connectivity index (χ0n) is 17.3. The molecule has 0 atom stereocenters. The Morgan fingerprint density at radius 1 is 1.10 bits per heavy atom. The van der Waals surface area contributed by atoms with Crippen molar-refractivity contribution < 1.29 is 13.2 Å². The number of imidazole rings is 1. The second-order valence-electron chi connectivity index (χ2n) is 6.85. The Morgan fingerprint density at radius 2 is 1.77 bits per heavy atom. The molecular weight excluding hydrogens is 418 g/mol. The number of hydrogen-bond acceptors (Lipinski definition) is 5. The Morgan fingerprint density at radius 3 is 2.33 bits per heavy atom. The SMILES string of the molecule is CCC(=O)c1nc(SC)c(CC)n1Cc1ccc(-c2ccccc2S(N)(=O)=O)cc1. The summed E-state index contributed by atoms with van der Waals surface area (Å²) in [5.41, 5.74) is 3.37. The molecule has 1 aromatic heterocycles. The van der Waals surface area contributed by atoms with Crippen molar-refractivity contribution in [1.82, 2.24) is 9.55 Å². The first-order valence-electron chi connectivity index (χ1n) is 9.67. The Hall–Kier alpha value is -2.42. The van der Waals surface area contributed by atoms with Crippen molar-refractivity contribution in [3.05, 3.63) is 65.6 Å². The van der Waals surface area contributed by atoms with Crippen LogP contribution in [0, 0.1) is 0 Å². The second-order valence-corrected chi connectivity index (χ2v) is 9.17. The number of nitrogens with two attached hydrogens (primary N) is 1. The van der Waals surface area contributed by atoms with Crippen LogP contribution in [-0.2, 0) is 23.0 Å². The third kappa shape index (κ3) is 4.50. The predicted molar refractivity (Wildman–Crippen MR) is 120 cm³/mol. The molecule has 2 N–H and O–H groups in total. The molecule has 0 aliphatic rings. The Balaban J connectivity index is 1.99. The molecule has 0 aliphatic heterocycles. The van der Waals surface area contributed by atoms with E-state index in [1.54, 1.807) is 30.0 Å². The molecule has 0 aliphatic carbocycles. The Labute approximate surface area is 181 Å². The zero-order valence-corrected chi connectivity index (χ0v) is 18.9. The first kappa shape index (κ1) is 22.3. The van der Waals surface area contributed by atoms with Gasteiger partial charge in [0.1, 0.15) is 5.03 Å². The molecule has 3 aromatic rings. The van der Waals surface area contributed by atoms with Gasteiger partial charge in [-0.2, -0.15) is 0 Å². The van der Waals surface area contributed by atoms with Gasteiger partial charge in [-0.05, 0) is 29.9 Å². The highest BCUT2D eigenvalue weighted by molar-refractivity contribution is 7.98. The molecule has 0 fully saturated rings. The number of rotatable bonds is 8. The van der Waals surface area contributed by atoms with Crippen molar-refractivity contribution in [2.75, 3.05) is 6.26 Å². The summed E-state index contributed by atoms with van der Waals surface area (Å²) < 4.78 is 25.8. The number of thioether (sulfide) groups is 1. The van der Waals surface area contributed by atoms with E-state index in [9.17, 15) is 13.2 Å². The van der Waals surface area contributed by atoms with Crippen LogP contribution in [-0.4, -0.2) is 30.0 Å². The molecule has 0 radical (unpaired) electrons. The average molecular weight is 444 g/mol. The summed E-state index contributed by atoms with van der Waals surface area (Å²) in [5, 5.41) is 6.24. The van der Waals surface area contributed by atoms with Crippen molar-refractivity contribution >= 4 is 27.6 Å². The molecule has 1 heterocycles. The number of carbonyl (C=O) groups excluding carboxylic acids is 1. The molecule has 3 rings (SSSR count). The van der Waals surface area contributed by atoms with Gasteiger partial charge in [0.15, 0.2) is 11.6 Å². The van der Waals surface area contributed by atoms with Crippen LogP contribution in [0.15, 0.2) is 58.5 Å². The standard InChI is InChI=1S/C22H25N3O3S2/c1-4-18-22(29-3)24-21(19(26)5-2)25(18)14-15-10-12-16(13-11-15)17-8-6-7-9-20(17)30(23,27)28/h6-13H,4-5,14H2,1-3H3,(H2,23,27,28). The lowest BCUT2D eigenvalue weighted by Gasteiger charge is -2.12. The van der Waals surface area contributed by atoms with Gasteiger partial charge in [-0.1, -0.05) is 56.3 Å². The molecular formula is C22H25N3O3S2. The van der Waals surface area contributed by atoms with Crippen LogP contribution >= 0.6 is 11.8 Å². The fraction of sp³-hybridized carbons (Fsp3) is 0.273. The van der Waals surface area contributed by atoms with E-state index in [4.69, 9.17) is 5.14 Å². The molecule has 0 spiro atoms. The highest BCUT2D eigenvalue weighted by Crippen LogP contribution is 2.28. The number of sulfonamides is 1. The van der Waals surface area contributed by atoms with Crippen LogP contribution in [0.3, 0.4) is 0 Å². The van der Waals surface area contributed by atoms with Crippen LogP contribution in [0.25, 0.3) is 11.1 Å². The number of aromatic nitrogens is 2. The van der Waals surface area contributed by atoms with E-state index in [1.165, 1.54) is 6.07 Å². The van der Waals surface area contributed by atoms with Gasteiger partial charge in [-0.25, -0.2) is 18.5 Å². The first-order chi connectivity index (χ1) is 14.3. The van der Waals surface area contributed by atoms with E-state index in [0.717, 1.165) is 28.3 Å². The average Bonchev–Trinajstić information content (AvgIpc) is 3.10. The third-order valence-electron chi connectivity index (χ3n) is 4.93. The van der Waals surface area contributed by atoms with Crippen LogP contribution in [0.5, 0.6) is 0 Å². The van der Waals surface area contributed by atoms with Gasteiger partial charge in [0.2, 0.25) is 10.0 Å². The van der Waals surface area contributed by atoms with Crippen molar-refractivity contribution in [2.24, 2.45) is 5.14 Å². The summed E-state index contributed by atoms with van der Waals surface area (Å²) in [6.45, 7) is 4.42. The largest absolute Gasteiger partial charge is 0.320 e. The summed E-state index contributed by atoms with van der Waals surface area (Å²) in [5.74, 6) is 0.506. The fourth-order valence-electron chi connectivity index (χ4n) is 3.44. The van der Waals surface area contributed by atoms with Gasteiger partial charge in [-0.15, -0.1) is 11.8 Å². The number of Topliss-reactive ketones (excluding diaryl/α,β-unsaturated/α-hetero) is 1. The van der Waals surface area contributed by atoms with Gasteiger partial charge in [0.05, 0.1) is 10.6 Å². The van der Waals surface area contributed by atoms with Crippen LogP contribution in [0.4, 0.5) is 0 Å². The lowest BCUT2D eigenvalue weighted by molar-refractivity contribution is 0.0974. The van der Waals surface area contributed by atoms with Gasteiger partial charge >= 0.3 is 0 Å². The van der Waals surface area contributed by atoms with E-state index in [1.807, 2.05) is 42.0 Å². The Bertz CT molecular complexity index is 1170. The second kappa shape index (κ2) is 9.16. The fourth-order valence-corrected chi connectivity index (χ4v) is 4.87. The molecule has 6 nitrogen and oxygen atoms in total. The van der Waals surface area contributed by atoms with Gasteiger partial charge in [-0.3, -0.25) is 4.79 Å². The molecule has 2 aromatic carbocycles. The highest BCUT2D eigenvalue weighted by atomic mass is 32.2. The minimum absolute atomic E-state index is 0.0173. The number of benzene rings is 2. The Kier molecular flexibility index (Phi) is 6.80. The predicted octanol–water partition coefficient (Wildman–Crippen LogP) is 4.12. The van der Waals surface area contributed by atoms with Crippen molar-refractivity contribution in [1.29, 1.82) is 0 Å². The van der Waals surface area contributed by atoms with Crippen LogP contribution in [0.2, 0.25) is 0 Å². The van der Waals surface area contributed by atoms with Crippen molar-refractivity contribution in [2.45, 2.75) is 43.2 Å². The molecule has 30 heavy (non-hydrogen) atoms. The molecule has 0 unspecified atom stereocenters. The molecule has 0 saturated carbocycles. The van der Waals surface area contributed by atoms with Crippen molar-refractivity contribution in [3.63, 3.8) is 0 Å². The lowest BCUT2D eigenvalue weighted by Crippen LogP contribution is -2.13. The summed E-state index contributed by atoms with van der Waals surface area (Å²) in [6, 6.07) is 14.3. The molecule has 0 bridgehead atoms. The highest BCUT2D eigenvalue weighted by Gasteiger charge is 2.20. The number of carbonyl (C=O) groups is 1. The van der Waals surface area contributed by atoms with E-state index in [2.05, 4.69) is 11.9 Å². The normalized spacial score (nSPS) is 11.6. The maximum Gasteiger partial charge on any atom is 0.238 e. The third-order valence-corrected chi connectivity index (χ3v) is 6.62. The summed E-state index contributed by atoms with van der Waals surface area (Å²) in [7, 11) is -3.82. The van der Waals surface area contributed by atoms with Gasteiger partial charge in [0, 0.05) is 18.5 Å². The summed E-state index contributed by atoms with van der Waals surface area (Å²) >= 11 is 1.54. The number of ketones is 1. The van der Waals surface area contributed by atoms with Crippen LogP contribution < -0.4 is 5.14 Å². The number of hydrogen-bond donors (Lipinski definition) is 1. The first-order valence-corrected chi connectivity index (χ1v) is 12.4. The maximum atomic E-state index is 12.4. The lowest BCUT2D eigenvalue weighted by atomic mass is 10.0. The van der Waals surface area contributed by atoms with E-state index in [-0.39, 0.29) is 10.7 Å². The van der Waals surface area contributed by atoms with E-state index in [0.29, 0.717) is 24.4 Å². The smallest absolute Gasteiger partial charge is 0.238 e. The summed E-state index contributed by atoms with van der Waals surface area (Å²) in [6.07, 6.45) is 3.14. The topological polar surface area (TPSA) is 95.0 Å². The van der Waals surface area contributed by atoms with Crippen molar-refractivity contribution in [3.8, 4) is 11.1 Å². The molecule has 158 valence electrons. The number of nitrogens with zero attached hydrogens (tertiary/aromatic N) is 2. The van der Waals surface area contributed by atoms with Crippen LogP contribution in [0.1, 0.15) is 42.1 Å². The van der Waals surface area contributed by atoms with E-state index >= 15 is 0 Å². The molecule has 0 amide bonds. The van der Waals surface area contributed by atoms with E-state index < -0.39 is 10.0 Å². The summed E-state index contributed by atoms with van der Waals surface area (Å²) in [4.78, 5) is 17.1. The molecule has 0 saturated heterocycles. The minimum Gasteiger partial charge on any atom is -0.320 e. The molecule has 8 heteroatoms. The monoisotopic (exact) mass is 443 g/mol. The van der Waals surface area contributed by atoms with Gasteiger partial charge in [0.25, 0.3) is 0 Å². The maximum absolute atomic E-state index is 12.4. The zero-order chi connectivity index (χ0) is 21.9. The quantitative estimate of drug-likeness (QED) is 0.417. The minimum atomic E-state index is -3.82. The van der Waals surface area contributed by atoms with Gasteiger partial charge < -0.3 is 4.57 Å².